The fourth-order valence-corrected chi connectivity index (χ4v) is 1.49. The van der Waals surface area contributed by atoms with E-state index in [-0.39, 0.29) is 0 Å². The maximum absolute atomic E-state index is 11.0. The summed E-state index contributed by atoms with van der Waals surface area (Å²) >= 11 is 5.66. The summed E-state index contributed by atoms with van der Waals surface area (Å²) in [5, 5.41) is 0.441. The van der Waals surface area contributed by atoms with Crippen LogP contribution in [0.15, 0.2) is 24.3 Å². The van der Waals surface area contributed by atoms with Crippen LogP contribution in [0.5, 0.6) is 0 Å². The number of sulfonamides is 1. The van der Waals surface area contributed by atoms with E-state index in [1.807, 2.05) is 0 Å². The molecule has 0 bridgehead atoms. The van der Waals surface area contributed by atoms with E-state index in [4.69, 9.17) is 17.4 Å². The molecule has 0 amide bonds. The molecular weight excluding hydrogens is 212 g/mol. The normalized spacial score (nSPS) is 11.3. The highest BCUT2D eigenvalue weighted by atomic mass is 35.5. The van der Waals surface area contributed by atoms with Crippen molar-refractivity contribution in [3.8, 4) is 0 Å². The number of benzene rings is 1. The van der Waals surface area contributed by atoms with Gasteiger partial charge in [-0.15, -0.1) is 0 Å². The van der Waals surface area contributed by atoms with Crippen molar-refractivity contribution < 1.29 is 8.42 Å². The minimum absolute atomic E-state index is 0.343. The third-order valence-corrected chi connectivity index (χ3v) is 2.58. The molecule has 0 atom stereocenters. The first-order valence-electron chi connectivity index (χ1n) is 3.42. The average molecular weight is 221 g/mol. The highest BCUT2D eigenvalue weighted by Crippen LogP contribution is 2.18. The second kappa shape index (κ2) is 3.53. The molecule has 0 unspecified atom stereocenters. The largest absolute Gasteiger partial charge is 0.245 e. The van der Waals surface area contributed by atoms with E-state index >= 15 is 0 Å². The molecule has 0 heterocycles. The highest BCUT2D eigenvalue weighted by Gasteiger charge is 2.12. The van der Waals surface area contributed by atoms with Gasteiger partial charge in [0, 0.05) is 5.02 Å². The van der Waals surface area contributed by atoms with Gasteiger partial charge in [0.2, 0.25) is 10.0 Å². The van der Waals surface area contributed by atoms with Gasteiger partial charge in [-0.2, -0.15) is 0 Å². The van der Waals surface area contributed by atoms with E-state index in [9.17, 15) is 8.42 Å². The summed E-state index contributed by atoms with van der Waals surface area (Å²) in [6.45, 7) is 0. The number of hydrazine groups is 1. The van der Waals surface area contributed by atoms with Crippen molar-refractivity contribution in [2.24, 2.45) is 5.84 Å². The summed E-state index contributed by atoms with van der Waals surface area (Å²) in [4.78, 5) is 0. The van der Waals surface area contributed by atoms with Crippen molar-refractivity contribution in [3.63, 3.8) is 0 Å². The number of hydrogen-bond donors (Lipinski definition) is 1. The molecule has 0 radical (unpaired) electrons. The van der Waals surface area contributed by atoms with Gasteiger partial charge in [-0.3, -0.25) is 0 Å². The lowest BCUT2D eigenvalue weighted by Gasteiger charge is -2.15. The van der Waals surface area contributed by atoms with Gasteiger partial charge in [0.15, 0.2) is 0 Å². The summed E-state index contributed by atoms with van der Waals surface area (Å²) in [5.41, 5.74) is 0.343. The molecule has 0 saturated heterocycles. The Bertz CT molecular complexity index is 405. The first-order valence-corrected chi connectivity index (χ1v) is 5.64. The first-order chi connectivity index (χ1) is 5.91. The van der Waals surface area contributed by atoms with Crippen LogP contribution in [0.4, 0.5) is 5.69 Å². The minimum atomic E-state index is -3.42. The molecule has 0 saturated carbocycles. The van der Waals surface area contributed by atoms with Crippen LogP contribution in [0.2, 0.25) is 5.02 Å². The lowest BCUT2D eigenvalue weighted by molar-refractivity contribution is 0.598. The smallest absolute Gasteiger partial charge is 0.233 e. The Morgan fingerprint density at radius 3 is 2.54 bits per heavy atom. The van der Waals surface area contributed by atoms with Gasteiger partial charge in [-0.25, -0.2) is 18.7 Å². The average Bonchev–Trinajstić information content (AvgIpc) is 2.01. The monoisotopic (exact) mass is 220 g/mol. The van der Waals surface area contributed by atoms with Gasteiger partial charge >= 0.3 is 0 Å². The molecule has 1 rings (SSSR count). The Morgan fingerprint density at radius 2 is 2.08 bits per heavy atom. The van der Waals surface area contributed by atoms with Crippen LogP contribution in [-0.2, 0) is 10.0 Å². The zero-order chi connectivity index (χ0) is 10.1. The minimum Gasteiger partial charge on any atom is -0.233 e. The molecule has 1 aromatic rings. The molecule has 0 fully saturated rings. The molecule has 13 heavy (non-hydrogen) atoms. The summed E-state index contributed by atoms with van der Waals surface area (Å²) in [5.74, 6) is 5.33. The van der Waals surface area contributed by atoms with Crippen molar-refractivity contribution in [1.82, 2.24) is 0 Å². The predicted octanol–water partition coefficient (Wildman–Crippen LogP) is 0.980. The molecule has 0 aliphatic rings. The maximum atomic E-state index is 11.0. The lowest BCUT2D eigenvalue weighted by atomic mass is 10.3. The zero-order valence-corrected chi connectivity index (χ0v) is 8.51. The summed E-state index contributed by atoms with van der Waals surface area (Å²) < 4.78 is 22.7. The Kier molecular flexibility index (Phi) is 2.80. The van der Waals surface area contributed by atoms with Gasteiger partial charge in [-0.05, 0) is 18.2 Å². The fraction of sp³-hybridized carbons (Fsp3) is 0.143. The molecule has 1 aromatic carbocycles. The first kappa shape index (κ1) is 10.3. The third-order valence-electron chi connectivity index (χ3n) is 1.42. The van der Waals surface area contributed by atoms with Gasteiger partial charge in [0.25, 0.3) is 0 Å². The van der Waals surface area contributed by atoms with Crippen LogP contribution in [-0.4, -0.2) is 14.7 Å². The summed E-state index contributed by atoms with van der Waals surface area (Å²) in [7, 11) is -3.42. The van der Waals surface area contributed by atoms with Crippen molar-refractivity contribution in [3.05, 3.63) is 29.3 Å². The fourth-order valence-electron chi connectivity index (χ4n) is 0.805. The van der Waals surface area contributed by atoms with E-state index in [0.29, 0.717) is 15.1 Å². The SMILES string of the molecule is CS(=O)(=O)N(N)c1cccc(Cl)c1. The molecule has 72 valence electrons. The Balaban J connectivity index is 3.10. The number of rotatable bonds is 2. The second-order valence-corrected chi connectivity index (χ2v) is 4.83. The van der Waals surface area contributed by atoms with Crippen molar-refractivity contribution in [2.45, 2.75) is 0 Å². The van der Waals surface area contributed by atoms with Gasteiger partial charge in [0.05, 0.1) is 11.9 Å². The van der Waals surface area contributed by atoms with E-state index in [0.717, 1.165) is 6.26 Å². The molecule has 0 spiro atoms. The van der Waals surface area contributed by atoms with Crippen molar-refractivity contribution in [1.29, 1.82) is 0 Å². The zero-order valence-electron chi connectivity index (χ0n) is 6.94. The van der Waals surface area contributed by atoms with Gasteiger partial charge in [0.1, 0.15) is 0 Å². The Labute approximate surface area is 81.9 Å². The number of nitrogens with zero attached hydrogens (tertiary/aromatic N) is 1. The maximum Gasteiger partial charge on any atom is 0.245 e. The predicted molar refractivity (Wildman–Crippen MR) is 53.0 cm³/mol. The van der Waals surface area contributed by atoms with E-state index in [1.165, 1.54) is 6.07 Å². The number of nitrogens with two attached hydrogens (primary N) is 1. The van der Waals surface area contributed by atoms with E-state index in [2.05, 4.69) is 0 Å². The van der Waals surface area contributed by atoms with Crippen molar-refractivity contribution >= 4 is 27.3 Å². The molecule has 0 aromatic heterocycles. The molecule has 2 N–H and O–H groups in total. The molecule has 4 nitrogen and oxygen atoms in total. The van der Waals surface area contributed by atoms with Crippen LogP contribution in [0, 0.1) is 0 Å². The summed E-state index contributed by atoms with van der Waals surface area (Å²) in [6, 6.07) is 6.30. The van der Waals surface area contributed by atoms with Gasteiger partial charge < -0.3 is 0 Å². The van der Waals surface area contributed by atoms with Crippen LogP contribution in [0.1, 0.15) is 0 Å². The number of anilines is 1. The molecule has 6 heteroatoms. The van der Waals surface area contributed by atoms with Crippen LogP contribution in [0.25, 0.3) is 0 Å². The van der Waals surface area contributed by atoms with Crippen LogP contribution < -0.4 is 10.3 Å². The van der Waals surface area contributed by atoms with E-state index in [1.54, 1.807) is 18.2 Å². The van der Waals surface area contributed by atoms with E-state index < -0.39 is 10.0 Å². The van der Waals surface area contributed by atoms with Crippen LogP contribution in [0.3, 0.4) is 0 Å². The molecule has 0 aliphatic heterocycles. The van der Waals surface area contributed by atoms with Crippen LogP contribution >= 0.6 is 11.6 Å². The number of halogens is 1. The van der Waals surface area contributed by atoms with Crippen molar-refractivity contribution in [2.75, 3.05) is 10.7 Å². The second-order valence-electron chi connectivity index (χ2n) is 2.54. The quantitative estimate of drug-likeness (QED) is 0.597. The highest BCUT2D eigenvalue weighted by molar-refractivity contribution is 7.92. The molecular formula is C7H9ClN2O2S. The topological polar surface area (TPSA) is 63.4 Å². The van der Waals surface area contributed by atoms with Gasteiger partial charge in [-0.1, -0.05) is 17.7 Å². The Morgan fingerprint density at radius 1 is 1.46 bits per heavy atom. The third kappa shape index (κ3) is 2.58. The Hall–Kier alpha value is -0.780. The number of hydrogen-bond acceptors (Lipinski definition) is 3. The standard InChI is InChI=1S/C7H9ClN2O2S/c1-13(11,12)10(9)7-4-2-3-6(8)5-7/h2-5H,9H2,1H3. The summed E-state index contributed by atoms with van der Waals surface area (Å²) in [6.07, 6.45) is 1.02. The lowest BCUT2D eigenvalue weighted by Crippen LogP contribution is -2.36. The molecule has 0 aliphatic carbocycles.